The van der Waals surface area contributed by atoms with Gasteiger partial charge >= 0.3 is 0 Å². The van der Waals surface area contributed by atoms with Gasteiger partial charge in [-0.1, -0.05) is 0 Å². The average Bonchev–Trinajstić information content (AvgIpc) is 2.79. The van der Waals surface area contributed by atoms with E-state index < -0.39 is 12.0 Å². The molecule has 1 amide bonds. The van der Waals surface area contributed by atoms with E-state index in [1.165, 1.54) is 0 Å². The predicted octanol–water partition coefficient (Wildman–Crippen LogP) is -0.0749. The number of amides is 1. The normalized spacial score (nSPS) is 12.4. The van der Waals surface area contributed by atoms with Crippen LogP contribution >= 0.6 is 11.3 Å². The van der Waals surface area contributed by atoms with Crippen LogP contribution in [0.15, 0.2) is 6.20 Å². The van der Waals surface area contributed by atoms with E-state index in [2.05, 4.69) is 29.0 Å². The molecular formula is C11H20N4O2S. The van der Waals surface area contributed by atoms with Crippen molar-refractivity contribution in [3.05, 3.63) is 11.1 Å². The van der Waals surface area contributed by atoms with Gasteiger partial charge in [0.2, 0.25) is 5.91 Å². The summed E-state index contributed by atoms with van der Waals surface area (Å²) in [4.78, 5) is 18.2. The lowest BCUT2D eigenvalue weighted by molar-refractivity contribution is -0.125. The zero-order valence-corrected chi connectivity index (χ0v) is 11.5. The Morgan fingerprint density at radius 2 is 2.28 bits per heavy atom. The number of aliphatic hydroxyl groups is 1. The van der Waals surface area contributed by atoms with Gasteiger partial charge in [-0.25, -0.2) is 4.98 Å². The van der Waals surface area contributed by atoms with E-state index in [0.717, 1.165) is 23.1 Å². The topological polar surface area (TPSA) is 91.5 Å². The van der Waals surface area contributed by atoms with E-state index in [-0.39, 0.29) is 6.54 Å². The number of nitrogens with zero attached hydrogens (tertiary/aromatic N) is 2. The van der Waals surface area contributed by atoms with Gasteiger partial charge in [-0.05, 0) is 13.8 Å². The smallest absolute Gasteiger partial charge is 0.247 e. The molecule has 0 aliphatic heterocycles. The van der Waals surface area contributed by atoms with Crippen LogP contribution in [0.4, 0.5) is 5.13 Å². The van der Waals surface area contributed by atoms with Crippen molar-refractivity contribution in [2.24, 2.45) is 5.73 Å². The molecule has 0 fully saturated rings. The predicted molar refractivity (Wildman–Crippen MR) is 72.6 cm³/mol. The van der Waals surface area contributed by atoms with Gasteiger partial charge in [-0.3, -0.25) is 4.79 Å². The minimum Gasteiger partial charge on any atom is -0.382 e. The first kappa shape index (κ1) is 14.9. The fraction of sp³-hybridized carbons (Fsp3) is 0.636. The van der Waals surface area contributed by atoms with E-state index in [0.29, 0.717) is 6.54 Å². The number of primary amides is 1. The summed E-state index contributed by atoms with van der Waals surface area (Å²) >= 11 is 1.60. The number of carbonyl (C=O) groups excluding carboxylic acids is 1. The molecule has 0 aliphatic carbocycles. The van der Waals surface area contributed by atoms with Gasteiger partial charge < -0.3 is 21.1 Å². The van der Waals surface area contributed by atoms with Crippen LogP contribution in [-0.4, -0.2) is 41.7 Å². The Kier molecular flexibility index (Phi) is 6.03. The van der Waals surface area contributed by atoms with E-state index in [1.54, 1.807) is 11.3 Å². The molecule has 7 heteroatoms. The van der Waals surface area contributed by atoms with Crippen LogP contribution in [0, 0.1) is 0 Å². The Hall–Kier alpha value is -1.18. The molecule has 6 nitrogen and oxygen atoms in total. The highest BCUT2D eigenvalue weighted by atomic mass is 32.1. The average molecular weight is 272 g/mol. The summed E-state index contributed by atoms with van der Waals surface area (Å²) in [5.41, 5.74) is 4.95. The van der Waals surface area contributed by atoms with Crippen LogP contribution in [0.2, 0.25) is 0 Å². The van der Waals surface area contributed by atoms with Gasteiger partial charge in [0.15, 0.2) is 5.13 Å². The summed E-state index contributed by atoms with van der Waals surface area (Å²) in [6.07, 6.45) is 0.669. The van der Waals surface area contributed by atoms with Gasteiger partial charge in [0, 0.05) is 37.3 Å². The first-order valence-electron chi connectivity index (χ1n) is 5.96. The van der Waals surface area contributed by atoms with Crippen LogP contribution in [0.5, 0.6) is 0 Å². The fourth-order valence-corrected chi connectivity index (χ4v) is 2.46. The van der Waals surface area contributed by atoms with Crippen LogP contribution in [0.1, 0.15) is 18.7 Å². The van der Waals surface area contributed by atoms with Crippen molar-refractivity contribution < 1.29 is 9.90 Å². The molecule has 102 valence electrons. The summed E-state index contributed by atoms with van der Waals surface area (Å²) in [5.74, 6) is -0.712. The number of hydrogen-bond acceptors (Lipinski definition) is 6. The lowest BCUT2D eigenvalue weighted by atomic mass is 10.3. The van der Waals surface area contributed by atoms with Crippen LogP contribution < -0.4 is 16.0 Å². The van der Waals surface area contributed by atoms with E-state index in [9.17, 15) is 9.90 Å². The van der Waals surface area contributed by atoms with Crippen molar-refractivity contribution in [2.45, 2.75) is 26.5 Å². The summed E-state index contributed by atoms with van der Waals surface area (Å²) in [6, 6.07) is 0. The van der Waals surface area contributed by atoms with Crippen molar-refractivity contribution in [3.8, 4) is 0 Å². The molecule has 0 spiro atoms. The van der Waals surface area contributed by atoms with Crippen LogP contribution in [-0.2, 0) is 11.3 Å². The minimum absolute atomic E-state index is 0.161. The Labute approximate surface area is 111 Å². The van der Waals surface area contributed by atoms with Gasteiger partial charge in [0.25, 0.3) is 0 Å². The van der Waals surface area contributed by atoms with Crippen LogP contribution in [0.25, 0.3) is 0 Å². The molecule has 4 N–H and O–H groups in total. The maximum atomic E-state index is 10.6. The third-order valence-electron chi connectivity index (χ3n) is 2.54. The number of anilines is 1. The Morgan fingerprint density at radius 3 is 2.83 bits per heavy atom. The Bertz CT molecular complexity index is 379. The SMILES string of the molecule is CCN(CC)c1ncc(CNCC(O)C(N)=O)s1. The largest absolute Gasteiger partial charge is 0.382 e. The number of nitrogens with one attached hydrogen (secondary N) is 1. The summed E-state index contributed by atoms with van der Waals surface area (Å²) in [6.45, 7) is 6.77. The fourth-order valence-electron chi connectivity index (χ4n) is 1.45. The second-order valence-electron chi connectivity index (χ2n) is 3.83. The molecule has 1 aromatic rings. The Morgan fingerprint density at radius 1 is 1.61 bits per heavy atom. The molecule has 0 aliphatic rings. The highest BCUT2D eigenvalue weighted by molar-refractivity contribution is 7.15. The number of aromatic nitrogens is 1. The minimum atomic E-state index is -1.14. The Balaban J connectivity index is 2.42. The zero-order valence-electron chi connectivity index (χ0n) is 10.7. The lowest BCUT2D eigenvalue weighted by Crippen LogP contribution is -2.37. The maximum absolute atomic E-state index is 10.6. The quantitative estimate of drug-likeness (QED) is 0.616. The standard InChI is InChI=1S/C11H20N4O2S/c1-3-15(4-2)11-14-6-8(18-11)5-13-7-9(16)10(12)17/h6,9,13,16H,3-5,7H2,1-2H3,(H2,12,17). The van der Waals surface area contributed by atoms with Gasteiger partial charge in [0.05, 0.1) is 0 Å². The lowest BCUT2D eigenvalue weighted by Gasteiger charge is -2.16. The number of rotatable bonds is 8. The van der Waals surface area contributed by atoms with Gasteiger partial charge in [0.1, 0.15) is 6.10 Å². The molecule has 18 heavy (non-hydrogen) atoms. The molecule has 1 atom stereocenters. The molecule has 0 bridgehead atoms. The molecule has 0 radical (unpaired) electrons. The third kappa shape index (κ3) is 4.25. The molecule has 0 saturated carbocycles. The number of thiazole rings is 1. The third-order valence-corrected chi connectivity index (χ3v) is 3.60. The van der Waals surface area contributed by atoms with Gasteiger partial charge in [-0.2, -0.15) is 0 Å². The second-order valence-corrected chi connectivity index (χ2v) is 4.92. The molecular weight excluding hydrogens is 252 g/mol. The summed E-state index contributed by atoms with van der Waals surface area (Å²) < 4.78 is 0. The molecule has 0 saturated heterocycles. The molecule has 1 aromatic heterocycles. The van der Waals surface area contributed by atoms with E-state index >= 15 is 0 Å². The first-order chi connectivity index (χ1) is 8.58. The van der Waals surface area contributed by atoms with Crippen molar-refractivity contribution in [1.29, 1.82) is 0 Å². The van der Waals surface area contributed by atoms with Crippen molar-refractivity contribution >= 4 is 22.4 Å². The molecule has 0 aromatic carbocycles. The maximum Gasteiger partial charge on any atom is 0.247 e. The second kappa shape index (κ2) is 7.30. The monoisotopic (exact) mass is 272 g/mol. The zero-order chi connectivity index (χ0) is 13.5. The van der Waals surface area contributed by atoms with E-state index in [1.807, 2.05) is 6.20 Å². The highest BCUT2D eigenvalue weighted by Gasteiger charge is 2.11. The molecule has 1 unspecified atom stereocenters. The molecule has 1 heterocycles. The van der Waals surface area contributed by atoms with Crippen molar-refractivity contribution in [2.75, 3.05) is 24.5 Å². The number of aliphatic hydroxyl groups excluding tert-OH is 1. The number of hydrogen-bond donors (Lipinski definition) is 3. The van der Waals surface area contributed by atoms with Gasteiger partial charge in [-0.15, -0.1) is 11.3 Å². The highest BCUT2D eigenvalue weighted by Crippen LogP contribution is 2.21. The van der Waals surface area contributed by atoms with Crippen molar-refractivity contribution in [3.63, 3.8) is 0 Å². The van der Waals surface area contributed by atoms with Crippen molar-refractivity contribution in [1.82, 2.24) is 10.3 Å². The number of nitrogens with two attached hydrogens (primary N) is 1. The summed E-state index contributed by atoms with van der Waals surface area (Å²) in [5, 5.41) is 13.2. The first-order valence-corrected chi connectivity index (χ1v) is 6.77. The van der Waals surface area contributed by atoms with Crippen LogP contribution in [0.3, 0.4) is 0 Å². The number of carbonyl (C=O) groups is 1. The summed E-state index contributed by atoms with van der Waals surface area (Å²) in [7, 11) is 0. The van der Waals surface area contributed by atoms with E-state index in [4.69, 9.17) is 5.73 Å². The molecule has 1 rings (SSSR count).